The lowest BCUT2D eigenvalue weighted by atomic mass is 10.1. The molecule has 136 valence electrons. The van der Waals surface area contributed by atoms with Crippen LogP contribution in [0.3, 0.4) is 0 Å². The molecule has 7 nitrogen and oxygen atoms in total. The maximum absolute atomic E-state index is 12.3. The molecule has 0 aliphatic heterocycles. The summed E-state index contributed by atoms with van der Waals surface area (Å²) in [6.45, 7) is -0.0776. The van der Waals surface area contributed by atoms with Crippen LogP contribution in [0.2, 0.25) is 0 Å². The molecule has 0 fully saturated rings. The van der Waals surface area contributed by atoms with Crippen LogP contribution in [0.5, 0.6) is 5.88 Å². The highest BCUT2D eigenvalue weighted by Crippen LogP contribution is 2.21. The first kappa shape index (κ1) is 16.8. The van der Waals surface area contributed by atoms with Gasteiger partial charge in [-0.05, 0) is 36.4 Å². The second-order valence-corrected chi connectivity index (χ2v) is 6.38. The van der Waals surface area contributed by atoms with Gasteiger partial charge in [-0.3, -0.25) is 9.89 Å². The minimum atomic E-state index is -0.103. The molecule has 0 atom stereocenters. The van der Waals surface area contributed by atoms with Gasteiger partial charge in [0, 0.05) is 31.4 Å². The topological polar surface area (TPSA) is 86.9 Å². The van der Waals surface area contributed by atoms with Gasteiger partial charge in [-0.2, -0.15) is 0 Å². The maximum Gasteiger partial charge on any atom is 0.233 e. The molecule has 0 unspecified atom stereocenters. The van der Waals surface area contributed by atoms with Crippen molar-refractivity contribution >= 4 is 22.5 Å². The van der Waals surface area contributed by atoms with E-state index in [1.165, 1.54) is 0 Å². The molecule has 2 N–H and O–H groups in total. The molecule has 0 spiro atoms. The number of fused-ring (bicyclic) bond motifs is 1. The van der Waals surface area contributed by atoms with Crippen LogP contribution >= 0.6 is 0 Å². The summed E-state index contributed by atoms with van der Waals surface area (Å²) in [6, 6.07) is 16.9. The van der Waals surface area contributed by atoms with Crippen molar-refractivity contribution in [3.63, 3.8) is 0 Å². The van der Waals surface area contributed by atoms with Gasteiger partial charge in [0.2, 0.25) is 5.88 Å². The Labute approximate surface area is 156 Å². The number of anilines is 1. The first-order chi connectivity index (χ1) is 13.1. The Morgan fingerprint density at radius 1 is 1.11 bits per heavy atom. The van der Waals surface area contributed by atoms with Gasteiger partial charge in [0.05, 0.1) is 11.0 Å². The Morgan fingerprint density at radius 2 is 1.89 bits per heavy atom. The smallest absolute Gasteiger partial charge is 0.233 e. The number of Topliss-reactive ketones (excluding diaryl/α,β-unsaturated/α-hetero) is 1. The number of carbonyl (C=O) groups excluding carboxylic acids is 1. The molecule has 0 radical (unpaired) electrons. The first-order valence-electron chi connectivity index (χ1n) is 8.54. The molecule has 0 amide bonds. The van der Waals surface area contributed by atoms with E-state index in [9.17, 15) is 4.79 Å². The molecule has 2 aromatic heterocycles. The van der Waals surface area contributed by atoms with Gasteiger partial charge in [0.25, 0.3) is 0 Å². The standard InChI is InChI=1S/C20H19N5O2/c1-25(2)14-9-7-13(8-10-14)18(26)12-27-19-11-17(23-24-19)20-21-15-5-3-4-6-16(15)22-20/h3-11H,12H2,1-2H3,(H,21,22)(H,23,24). The molecule has 0 aliphatic rings. The van der Waals surface area contributed by atoms with Crippen LogP contribution in [0.4, 0.5) is 5.69 Å². The number of nitrogens with one attached hydrogen (secondary N) is 2. The van der Waals surface area contributed by atoms with E-state index in [1.54, 1.807) is 18.2 Å². The Morgan fingerprint density at radius 3 is 2.63 bits per heavy atom. The summed E-state index contributed by atoms with van der Waals surface area (Å²) >= 11 is 0. The van der Waals surface area contributed by atoms with Crippen LogP contribution in [-0.4, -0.2) is 46.7 Å². The summed E-state index contributed by atoms with van der Waals surface area (Å²) in [6.07, 6.45) is 0. The summed E-state index contributed by atoms with van der Waals surface area (Å²) in [7, 11) is 3.91. The van der Waals surface area contributed by atoms with Crippen LogP contribution < -0.4 is 9.64 Å². The summed E-state index contributed by atoms with van der Waals surface area (Å²) in [5, 5.41) is 6.98. The third kappa shape index (κ3) is 3.52. The summed E-state index contributed by atoms with van der Waals surface area (Å²) < 4.78 is 5.53. The van der Waals surface area contributed by atoms with Crippen molar-refractivity contribution in [1.82, 2.24) is 20.2 Å². The second kappa shape index (κ2) is 6.95. The number of aromatic nitrogens is 4. The van der Waals surface area contributed by atoms with E-state index in [-0.39, 0.29) is 12.4 Å². The molecule has 0 bridgehead atoms. The monoisotopic (exact) mass is 361 g/mol. The van der Waals surface area contributed by atoms with Gasteiger partial charge in [-0.25, -0.2) is 4.98 Å². The van der Waals surface area contributed by atoms with E-state index in [1.807, 2.05) is 55.4 Å². The molecule has 27 heavy (non-hydrogen) atoms. The quantitative estimate of drug-likeness (QED) is 0.515. The third-order valence-electron chi connectivity index (χ3n) is 4.26. The van der Waals surface area contributed by atoms with Crippen molar-refractivity contribution in [1.29, 1.82) is 0 Å². The summed E-state index contributed by atoms with van der Waals surface area (Å²) in [5.41, 5.74) is 4.16. The Bertz CT molecular complexity index is 1050. The number of para-hydroxylation sites is 2. The average Bonchev–Trinajstić information content (AvgIpc) is 3.32. The zero-order chi connectivity index (χ0) is 18.8. The fourth-order valence-electron chi connectivity index (χ4n) is 2.75. The van der Waals surface area contributed by atoms with E-state index in [2.05, 4.69) is 20.2 Å². The normalized spacial score (nSPS) is 10.9. The number of ketones is 1. The van der Waals surface area contributed by atoms with Gasteiger partial charge in [0.15, 0.2) is 18.2 Å². The highest BCUT2D eigenvalue weighted by Gasteiger charge is 2.12. The van der Waals surface area contributed by atoms with Crippen molar-refractivity contribution in [2.45, 2.75) is 0 Å². The number of nitrogens with zero attached hydrogens (tertiary/aromatic N) is 3. The number of hydrogen-bond acceptors (Lipinski definition) is 5. The van der Waals surface area contributed by atoms with Gasteiger partial charge in [0.1, 0.15) is 5.69 Å². The Balaban J connectivity index is 1.42. The van der Waals surface area contributed by atoms with Crippen LogP contribution in [0.15, 0.2) is 54.6 Å². The molecule has 7 heteroatoms. The molecular formula is C20H19N5O2. The number of hydrogen-bond donors (Lipinski definition) is 2. The van der Waals surface area contributed by atoms with Crippen molar-refractivity contribution < 1.29 is 9.53 Å². The highest BCUT2D eigenvalue weighted by atomic mass is 16.5. The van der Waals surface area contributed by atoms with Crippen LogP contribution in [0.25, 0.3) is 22.6 Å². The van der Waals surface area contributed by atoms with E-state index in [0.29, 0.717) is 23.0 Å². The molecule has 4 aromatic rings. The first-order valence-corrected chi connectivity index (χ1v) is 8.54. The van der Waals surface area contributed by atoms with Crippen molar-refractivity contribution in [2.24, 2.45) is 0 Å². The lowest BCUT2D eigenvalue weighted by molar-refractivity contribution is 0.0918. The summed E-state index contributed by atoms with van der Waals surface area (Å²) in [5.74, 6) is 0.918. The molecule has 0 aliphatic carbocycles. The Kier molecular flexibility index (Phi) is 4.33. The van der Waals surface area contributed by atoms with E-state index in [0.717, 1.165) is 16.7 Å². The number of H-pyrrole nitrogens is 2. The van der Waals surface area contributed by atoms with Gasteiger partial charge < -0.3 is 14.6 Å². The van der Waals surface area contributed by atoms with Gasteiger partial charge >= 0.3 is 0 Å². The third-order valence-corrected chi connectivity index (χ3v) is 4.26. The fourth-order valence-corrected chi connectivity index (χ4v) is 2.75. The van der Waals surface area contributed by atoms with Gasteiger partial charge in [-0.1, -0.05) is 12.1 Å². The van der Waals surface area contributed by atoms with Gasteiger partial charge in [-0.15, -0.1) is 5.10 Å². The SMILES string of the molecule is CN(C)c1ccc(C(=O)COc2cc(-c3nc4ccccc4[nH]3)[nH]n2)cc1. The number of rotatable bonds is 6. The number of benzene rings is 2. The molecule has 2 aromatic carbocycles. The number of imidazole rings is 1. The minimum Gasteiger partial charge on any atom is -0.468 e. The largest absolute Gasteiger partial charge is 0.468 e. The molecular weight excluding hydrogens is 342 g/mol. The molecule has 0 saturated carbocycles. The van der Waals surface area contributed by atoms with E-state index in [4.69, 9.17) is 4.74 Å². The average molecular weight is 361 g/mol. The van der Waals surface area contributed by atoms with E-state index >= 15 is 0 Å². The van der Waals surface area contributed by atoms with Crippen LogP contribution in [-0.2, 0) is 0 Å². The maximum atomic E-state index is 12.3. The summed E-state index contributed by atoms with van der Waals surface area (Å²) in [4.78, 5) is 22.0. The predicted molar refractivity (Wildman–Crippen MR) is 104 cm³/mol. The number of aromatic amines is 2. The number of carbonyl (C=O) groups is 1. The van der Waals surface area contributed by atoms with Crippen LogP contribution in [0, 0.1) is 0 Å². The molecule has 2 heterocycles. The highest BCUT2D eigenvalue weighted by molar-refractivity contribution is 5.97. The molecule has 0 saturated heterocycles. The second-order valence-electron chi connectivity index (χ2n) is 6.38. The van der Waals surface area contributed by atoms with Crippen molar-refractivity contribution in [3.05, 3.63) is 60.2 Å². The van der Waals surface area contributed by atoms with Crippen molar-refractivity contribution in [2.75, 3.05) is 25.6 Å². The van der Waals surface area contributed by atoms with Crippen molar-refractivity contribution in [3.8, 4) is 17.4 Å². The number of ether oxygens (including phenoxy) is 1. The zero-order valence-electron chi connectivity index (χ0n) is 15.1. The molecule has 4 rings (SSSR count). The zero-order valence-corrected chi connectivity index (χ0v) is 15.1. The predicted octanol–water partition coefficient (Wildman–Crippen LogP) is 3.28. The van der Waals surface area contributed by atoms with Crippen LogP contribution in [0.1, 0.15) is 10.4 Å². The lowest BCUT2D eigenvalue weighted by Crippen LogP contribution is -2.13. The minimum absolute atomic E-state index is 0.0776. The fraction of sp³-hybridized carbons (Fsp3) is 0.150. The lowest BCUT2D eigenvalue weighted by Gasteiger charge is -2.12. The Hall–Kier alpha value is -3.61. The van der Waals surface area contributed by atoms with E-state index < -0.39 is 0 Å².